The molecule has 1 N–H and O–H groups in total. The van der Waals surface area contributed by atoms with Crippen molar-refractivity contribution in [1.82, 2.24) is 0 Å². The van der Waals surface area contributed by atoms with Gasteiger partial charge in [-0.2, -0.15) is 0 Å². The predicted octanol–water partition coefficient (Wildman–Crippen LogP) is 3.07. The van der Waals surface area contributed by atoms with Gasteiger partial charge >= 0.3 is 5.97 Å². The summed E-state index contributed by atoms with van der Waals surface area (Å²) in [6, 6.07) is 5.65. The molecular formula is C13H9F2NO3S. The number of hydrogen-bond acceptors (Lipinski definition) is 4. The first kappa shape index (κ1) is 14.1. The van der Waals surface area contributed by atoms with E-state index in [0.29, 0.717) is 15.9 Å². The molecule has 2 aromatic rings. The van der Waals surface area contributed by atoms with Gasteiger partial charge in [-0.15, -0.1) is 11.3 Å². The van der Waals surface area contributed by atoms with Crippen molar-refractivity contribution in [2.45, 2.75) is 0 Å². The van der Waals surface area contributed by atoms with Crippen LogP contribution in [-0.2, 0) is 4.74 Å². The summed E-state index contributed by atoms with van der Waals surface area (Å²) in [5, 5.41) is 2.79. The van der Waals surface area contributed by atoms with Gasteiger partial charge in [0, 0.05) is 6.07 Å². The number of rotatable bonds is 3. The van der Waals surface area contributed by atoms with Gasteiger partial charge in [-0.1, -0.05) is 0 Å². The maximum atomic E-state index is 13.4. The second-order valence-electron chi connectivity index (χ2n) is 3.73. The van der Waals surface area contributed by atoms with Gasteiger partial charge in [0.1, 0.15) is 16.5 Å². The molecule has 104 valence electrons. The molecule has 0 saturated heterocycles. The van der Waals surface area contributed by atoms with Crippen molar-refractivity contribution >= 4 is 28.2 Å². The highest BCUT2D eigenvalue weighted by Gasteiger charge is 2.15. The Kier molecular flexibility index (Phi) is 4.09. The number of benzene rings is 1. The minimum atomic E-state index is -0.952. The smallest absolute Gasteiger partial charge is 0.348 e. The molecule has 0 aliphatic carbocycles. The van der Waals surface area contributed by atoms with Crippen molar-refractivity contribution < 1.29 is 23.1 Å². The molecule has 0 aliphatic rings. The summed E-state index contributed by atoms with van der Waals surface area (Å²) in [4.78, 5) is 23.4. The molecule has 0 atom stereocenters. The van der Waals surface area contributed by atoms with Gasteiger partial charge in [0.2, 0.25) is 0 Å². The van der Waals surface area contributed by atoms with E-state index in [1.165, 1.54) is 19.2 Å². The quantitative estimate of drug-likeness (QED) is 0.886. The van der Waals surface area contributed by atoms with Crippen molar-refractivity contribution in [2.24, 2.45) is 0 Å². The van der Waals surface area contributed by atoms with Gasteiger partial charge in [-0.3, -0.25) is 4.79 Å². The number of esters is 1. The Morgan fingerprint density at radius 1 is 1.20 bits per heavy atom. The minimum Gasteiger partial charge on any atom is -0.465 e. The fourth-order valence-electron chi connectivity index (χ4n) is 1.47. The second-order valence-corrected chi connectivity index (χ2v) is 4.82. The molecule has 7 heteroatoms. The average Bonchev–Trinajstić information content (AvgIpc) is 2.86. The van der Waals surface area contributed by atoms with Crippen molar-refractivity contribution in [3.8, 4) is 0 Å². The summed E-state index contributed by atoms with van der Waals surface area (Å²) >= 11 is 0.995. The fourth-order valence-corrected chi connectivity index (χ4v) is 2.29. The lowest BCUT2D eigenvalue weighted by molar-refractivity contribution is 0.0606. The predicted molar refractivity (Wildman–Crippen MR) is 70.0 cm³/mol. The zero-order chi connectivity index (χ0) is 14.7. The Bertz CT molecular complexity index is 669. The topological polar surface area (TPSA) is 55.4 Å². The van der Waals surface area contributed by atoms with Crippen LogP contribution < -0.4 is 5.32 Å². The molecular weight excluding hydrogens is 288 g/mol. The van der Waals surface area contributed by atoms with E-state index in [-0.39, 0.29) is 5.56 Å². The van der Waals surface area contributed by atoms with Gasteiger partial charge < -0.3 is 10.1 Å². The van der Waals surface area contributed by atoms with Crippen LogP contribution in [0.15, 0.2) is 30.3 Å². The van der Waals surface area contributed by atoms with Crippen LogP contribution in [0, 0.1) is 11.6 Å². The van der Waals surface area contributed by atoms with Crippen molar-refractivity contribution in [2.75, 3.05) is 12.4 Å². The standard InChI is InChI=1S/C13H9F2NO3S/c1-19-13(18)10-4-5-11(20-10)16-12(17)8-3-2-7(14)6-9(8)15/h2-6H,1H3,(H,16,17). The van der Waals surface area contributed by atoms with Gasteiger partial charge in [-0.05, 0) is 24.3 Å². The third-order valence-electron chi connectivity index (χ3n) is 2.41. The summed E-state index contributed by atoms with van der Waals surface area (Å²) in [7, 11) is 1.24. The maximum Gasteiger partial charge on any atom is 0.348 e. The molecule has 0 aliphatic heterocycles. The third-order valence-corrected chi connectivity index (χ3v) is 3.39. The Balaban J connectivity index is 2.15. The van der Waals surface area contributed by atoms with Crippen molar-refractivity contribution in [1.29, 1.82) is 0 Å². The Morgan fingerprint density at radius 3 is 2.60 bits per heavy atom. The lowest BCUT2D eigenvalue weighted by atomic mass is 10.2. The molecule has 0 radical (unpaired) electrons. The van der Waals surface area contributed by atoms with E-state index in [1.807, 2.05) is 0 Å². The summed E-state index contributed by atoms with van der Waals surface area (Å²) in [6.45, 7) is 0. The molecule has 1 amide bonds. The Hall–Kier alpha value is -2.28. The van der Waals surface area contributed by atoms with E-state index in [9.17, 15) is 18.4 Å². The van der Waals surface area contributed by atoms with Gasteiger partial charge in [-0.25, -0.2) is 13.6 Å². The fraction of sp³-hybridized carbons (Fsp3) is 0.0769. The normalized spacial score (nSPS) is 10.2. The molecule has 2 rings (SSSR count). The number of amides is 1. The van der Waals surface area contributed by atoms with Gasteiger partial charge in [0.05, 0.1) is 17.7 Å². The number of thiophene rings is 1. The summed E-state index contributed by atoms with van der Waals surface area (Å²) in [5.41, 5.74) is -0.278. The number of anilines is 1. The maximum absolute atomic E-state index is 13.4. The number of halogens is 2. The van der Waals surface area contributed by atoms with E-state index < -0.39 is 23.5 Å². The molecule has 0 unspecified atom stereocenters. The highest BCUT2D eigenvalue weighted by Crippen LogP contribution is 2.23. The molecule has 1 aromatic carbocycles. The largest absolute Gasteiger partial charge is 0.465 e. The number of carbonyl (C=O) groups excluding carboxylic acids is 2. The number of hydrogen-bond donors (Lipinski definition) is 1. The molecule has 0 saturated carbocycles. The Morgan fingerprint density at radius 2 is 1.95 bits per heavy atom. The van der Waals surface area contributed by atoms with Gasteiger partial charge in [0.15, 0.2) is 0 Å². The number of nitrogens with one attached hydrogen (secondary N) is 1. The highest BCUT2D eigenvalue weighted by molar-refractivity contribution is 7.18. The SMILES string of the molecule is COC(=O)c1ccc(NC(=O)c2ccc(F)cc2F)s1. The molecule has 1 aromatic heterocycles. The van der Waals surface area contributed by atoms with Crippen LogP contribution in [0.1, 0.15) is 20.0 Å². The molecule has 0 spiro atoms. The zero-order valence-corrected chi connectivity index (χ0v) is 11.1. The zero-order valence-electron chi connectivity index (χ0n) is 10.3. The van der Waals surface area contributed by atoms with E-state index in [1.54, 1.807) is 0 Å². The van der Waals surface area contributed by atoms with Crippen LogP contribution in [0.5, 0.6) is 0 Å². The van der Waals surface area contributed by atoms with Crippen LogP contribution in [0.4, 0.5) is 13.8 Å². The van der Waals surface area contributed by atoms with E-state index in [0.717, 1.165) is 23.5 Å². The van der Waals surface area contributed by atoms with Crippen molar-refractivity contribution in [3.63, 3.8) is 0 Å². The molecule has 0 fully saturated rings. The van der Waals surface area contributed by atoms with Crippen LogP contribution in [0.3, 0.4) is 0 Å². The first-order valence-corrected chi connectivity index (χ1v) is 6.27. The minimum absolute atomic E-state index is 0.278. The van der Waals surface area contributed by atoms with Gasteiger partial charge in [0.25, 0.3) is 5.91 Å². The second kappa shape index (κ2) is 5.79. The van der Waals surface area contributed by atoms with E-state index >= 15 is 0 Å². The van der Waals surface area contributed by atoms with E-state index in [2.05, 4.69) is 10.1 Å². The third kappa shape index (κ3) is 3.00. The number of methoxy groups -OCH3 is 1. The first-order chi connectivity index (χ1) is 9.51. The lowest BCUT2D eigenvalue weighted by Gasteiger charge is -2.03. The van der Waals surface area contributed by atoms with E-state index in [4.69, 9.17) is 0 Å². The van der Waals surface area contributed by atoms with Crippen molar-refractivity contribution in [3.05, 3.63) is 52.4 Å². The number of ether oxygens (including phenoxy) is 1. The molecule has 4 nitrogen and oxygen atoms in total. The average molecular weight is 297 g/mol. The van der Waals surface area contributed by atoms with Crippen LogP contribution >= 0.6 is 11.3 Å². The highest BCUT2D eigenvalue weighted by atomic mass is 32.1. The Labute approximate surface area is 117 Å². The van der Waals surface area contributed by atoms with Crippen LogP contribution in [0.2, 0.25) is 0 Å². The molecule has 0 bridgehead atoms. The van der Waals surface area contributed by atoms with Crippen LogP contribution in [-0.4, -0.2) is 19.0 Å². The number of carbonyl (C=O) groups is 2. The lowest BCUT2D eigenvalue weighted by Crippen LogP contribution is -2.13. The molecule has 20 heavy (non-hydrogen) atoms. The molecule has 1 heterocycles. The summed E-state index contributed by atoms with van der Waals surface area (Å²) < 4.78 is 30.7. The van der Waals surface area contributed by atoms with Crippen LogP contribution in [0.25, 0.3) is 0 Å². The summed E-state index contributed by atoms with van der Waals surface area (Å²) in [6.07, 6.45) is 0. The first-order valence-electron chi connectivity index (χ1n) is 5.46. The summed E-state index contributed by atoms with van der Waals surface area (Å²) in [5.74, 6) is -2.96. The monoisotopic (exact) mass is 297 g/mol.